The third-order valence-corrected chi connectivity index (χ3v) is 8.45. The average Bonchev–Trinajstić information content (AvgIpc) is 3.40. The lowest BCUT2D eigenvalue weighted by Crippen LogP contribution is -2.39. The molecule has 4 heteroatoms. The molecule has 0 saturated carbocycles. The van der Waals surface area contributed by atoms with Crippen LogP contribution in [0.3, 0.4) is 0 Å². The topological polar surface area (TPSA) is 41.9 Å². The van der Waals surface area contributed by atoms with Crippen LogP contribution in [0, 0.1) is 0 Å². The van der Waals surface area contributed by atoms with Crippen molar-refractivity contribution in [3.05, 3.63) is 0 Å². The van der Waals surface area contributed by atoms with Crippen molar-refractivity contribution < 1.29 is 9.53 Å². The summed E-state index contributed by atoms with van der Waals surface area (Å²) in [5.74, 6) is 1.12. The fourth-order valence-corrected chi connectivity index (χ4v) is 5.84. The van der Waals surface area contributed by atoms with E-state index in [0.29, 0.717) is 6.42 Å². The van der Waals surface area contributed by atoms with E-state index in [0.717, 1.165) is 38.2 Å². The van der Waals surface area contributed by atoms with Crippen molar-refractivity contribution in [1.82, 2.24) is 4.90 Å². The van der Waals surface area contributed by atoms with Crippen molar-refractivity contribution >= 4 is 11.8 Å². The zero-order valence-corrected chi connectivity index (χ0v) is 26.8. The number of ether oxygens (including phenoxy) is 1. The van der Waals surface area contributed by atoms with Gasteiger partial charge in [-0.1, -0.05) is 162 Å². The number of amidine groups is 1. The number of hydrogen-bond donors (Lipinski definition) is 0. The van der Waals surface area contributed by atoms with E-state index in [1.54, 1.807) is 0 Å². The SMILES string of the molecule is CCCCCCCCCCCCCCCC(=O)OC(C)N1CCN=C1CCCCCCCCCCCCCC. The summed E-state index contributed by atoms with van der Waals surface area (Å²) >= 11 is 0. The Morgan fingerprint density at radius 1 is 0.641 bits per heavy atom. The fourth-order valence-electron chi connectivity index (χ4n) is 5.84. The first-order valence-corrected chi connectivity index (χ1v) is 17.7. The molecule has 1 aliphatic rings. The number of hydrogen-bond acceptors (Lipinski definition) is 4. The molecule has 39 heavy (non-hydrogen) atoms. The van der Waals surface area contributed by atoms with Gasteiger partial charge in [0.05, 0.1) is 6.54 Å². The molecule has 1 heterocycles. The summed E-state index contributed by atoms with van der Waals surface area (Å²) in [4.78, 5) is 19.3. The maximum Gasteiger partial charge on any atom is 0.307 e. The Bertz CT molecular complexity index is 577. The highest BCUT2D eigenvalue weighted by Gasteiger charge is 2.24. The van der Waals surface area contributed by atoms with Gasteiger partial charge in [0.1, 0.15) is 5.84 Å². The molecule has 0 fully saturated rings. The fraction of sp³-hybridized carbons (Fsp3) is 0.943. The van der Waals surface area contributed by atoms with Crippen LogP contribution >= 0.6 is 0 Å². The molecule has 4 nitrogen and oxygen atoms in total. The molecule has 1 unspecified atom stereocenters. The first-order valence-electron chi connectivity index (χ1n) is 17.7. The van der Waals surface area contributed by atoms with Gasteiger partial charge in [-0.25, -0.2) is 0 Å². The van der Waals surface area contributed by atoms with Crippen LogP contribution in [0.2, 0.25) is 0 Å². The van der Waals surface area contributed by atoms with Gasteiger partial charge in [-0.3, -0.25) is 9.79 Å². The Hall–Kier alpha value is -1.06. The van der Waals surface area contributed by atoms with E-state index in [-0.39, 0.29) is 12.2 Å². The highest BCUT2D eigenvalue weighted by atomic mass is 16.6. The van der Waals surface area contributed by atoms with Gasteiger partial charge < -0.3 is 9.64 Å². The van der Waals surface area contributed by atoms with Crippen LogP contribution in [0.4, 0.5) is 0 Å². The normalized spacial score (nSPS) is 14.1. The molecule has 0 spiro atoms. The van der Waals surface area contributed by atoms with E-state index in [4.69, 9.17) is 9.73 Å². The van der Waals surface area contributed by atoms with Crippen molar-refractivity contribution in [1.29, 1.82) is 0 Å². The number of unbranched alkanes of at least 4 members (excludes halogenated alkanes) is 23. The monoisotopic (exact) mass is 549 g/mol. The standard InChI is InChI=1S/C35H68N2O2/c1-4-6-8-10-12-14-16-18-20-22-24-26-28-30-35(38)39-33(3)37-32-31-36-34(37)29-27-25-23-21-19-17-15-13-11-9-7-5-2/h33H,4-32H2,1-3H3. The molecule has 0 aromatic rings. The van der Waals surface area contributed by atoms with Gasteiger partial charge >= 0.3 is 5.97 Å². The predicted octanol–water partition coefficient (Wildman–Crippen LogP) is 11.2. The predicted molar refractivity (Wildman–Crippen MR) is 171 cm³/mol. The molecule has 0 amide bonds. The summed E-state index contributed by atoms with van der Waals surface area (Å²) < 4.78 is 5.79. The Kier molecular flexibility index (Phi) is 25.0. The average molecular weight is 549 g/mol. The molecule has 0 bridgehead atoms. The minimum Gasteiger partial charge on any atom is -0.442 e. The van der Waals surface area contributed by atoms with Crippen LogP contribution in [0.15, 0.2) is 4.99 Å². The van der Waals surface area contributed by atoms with Crippen molar-refractivity contribution in [3.8, 4) is 0 Å². The summed E-state index contributed by atoms with van der Waals surface area (Å²) in [6, 6.07) is 0. The van der Waals surface area contributed by atoms with Crippen molar-refractivity contribution in [2.45, 2.75) is 200 Å². The molecular weight excluding hydrogens is 480 g/mol. The van der Waals surface area contributed by atoms with Crippen molar-refractivity contribution in [2.24, 2.45) is 4.99 Å². The summed E-state index contributed by atoms with van der Waals surface area (Å²) in [6.45, 7) is 8.32. The summed E-state index contributed by atoms with van der Waals surface area (Å²) in [6.07, 6.45) is 35.1. The van der Waals surface area contributed by atoms with Gasteiger partial charge in [-0.15, -0.1) is 0 Å². The van der Waals surface area contributed by atoms with E-state index in [2.05, 4.69) is 18.7 Å². The molecule has 0 radical (unpaired) electrons. The molecule has 0 N–H and O–H groups in total. The van der Waals surface area contributed by atoms with Crippen LogP contribution in [-0.4, -0.2) is 36.0 Å². The van der Waals surface area contributed by atoms with Gasteiger partial charge in [-0.2, -0.15) is 0 Å². The molecule has 230 valence electrons. The lowest BCUT2D eigenvalue weighted by Gasteiger charge is -2.27. The second kappa shape index (κ2) is 27.1. The third-order valence-electron chi connectivity index (χ3n) is 8.45. The van der Waals surface area contributed by atoms with Crippen LogP contribution in [-0.2, 0) is 9.53 Å². The van der Waals surface area contributed by atoms with Gasteiger partial charge in [0, 0.05) is 19.4 Å². The molecular formula is C35H68N2O2. The lowest BCUT2D eigenvalue weighted by atomic mass is 10.0. The van der Waals surface area contributed by atoms with Crippen LogP contribution in [0.1, 0.15) is 194 Å². The first-order chi connectivity index (χ1) is 19.2. The molecule has 0 aromatic carbocycles. The second-order valence-corrected chi connectivity index (χ2v) is 12.2. The number of esters is 1. The number of carbonyl (C=O) groups is 1. The number of aliphatic imine (C=N–C) groups is 1. The highest BCUT2D eigenvalue weighted by molar-refractivity contribution is 5.84. The number of rotatable bonds is 29. The van der Waals surface area contributed by atoms with Crippen molar-refractivity contribution in [3.63, 3.8) is 0 Å². The molecule has 0 saturated heterocycles. The first kappa shape index (κ1) is 36.0. The van der Waals surface area contributed by atoms with Crippen LogP contribution in [0.5, 0.6) is 0 Å². The molecule has 1 rings (SSSR count). The summed E-state index contributed by atoms with van der Waals surface area (Å²) in [5, 5.41) is 0. The van der Waals surface area contributed by atoms with Crippen molar-refractivity contribution in [2.75, 3.05) is 13.1 Å². The molecule has 0 aliphatic carbocycles. The second-order valence-electron chi connectivity index (χ2n) is 12.2. The highest BCUT2D eigenvalue weighted by Crippen LogP contribution is 2.18. The van der Waals surface area contributed by atoms with Gasteiger partial charge in [-0.05, 0) is 19.8 Å². The Morgan fingerprint density at radius 3 is 1.46 bits per heavy atom. The summed E-state index contributed by atoms with van der Waals surface area (Å²) in [5.41, 5.74) is 0. The maximum atomic E-state index is 12.4. The Labute approximate surface area is 244 Å². The Balaban J connectivity index is 1.96. The molecule has 1 aliphatic heterocycles. The van der Waals surface area contributed by atoms with Gasteiger partial charge in [0.25, 0.3) is 0 Å². The van der Waals surface area contributed by atoms with Crippen LogP contribution in [0.25, 0.3) is 0 Å². The van der Waals surface area contributed by atoms with E-state index in [1.165, 1.54) is 148 Å². The number of nitrogens with zero attached hydrogens (tertiary/aromatic N) is 2. The van der Waals surface area contributed by atoms with Gasteiger partial charge in [0.2, 0.25) is 0 Å². The lowest BCUT2D eigenvalue weighted by molar-refractivity contribution is -0.154. The minimum atomic E-state index is -0.182. The molecule has 1 atom stereocenters. The smallest absolute Gasteiger partial charge is 0.307 e. The zero-order valence-electron chi connectivity index (χ0n) is 26.8. The van der Waals surface area contributed by atoms with E-state index in [1.807, 2.05) is 6.92 Å². The maximum absolute atomic E-state index is 12.4. The Morgan fingerprint density at radius 2 is 1.03 bits per heavy atom. The zero-order chi connectivity index (χ0) is 28.2. The largest absolute Gasteiger partial charge is 0.442 e. The summed E-state index contributed by atoms with van der Waals surface area (Å²) in [7, 11) is 0. The van der Waals surface area contributed by atoms with E-state index >= 15 is 0 Å². The van der Waals surface area contributed by atoms with Crippen LogP contribution < -0.4 is 0 Å². The third kappa shape index (κ3) is 21.4. The van der Waals surface area contributed by atoms with E-state index in [9.17, 15) is 4.79 Å². The van der Waals surface area contributed by atoms with Gasteiger partial charge in [0.15, 0.2) is 6.23 Å². The number of carbonyl (C=O) groups excluding carboxylic acids is 1. The minimum absolute atomic E-state index is 0.0396. The molecule has 0 aromatic heterocycles. The quantitative estimate of drug-likeness (QED) is 0.0689. The van der Waals surface area contributed by atoms with E-state index < -0.39 is 0 Å².